The fourth-order valence-electron chi connectivity index (χ4n) is 1.61. The van der Waals surface area contributed by atoms with Crippen molar-refractivity contribution in [2.24, 2.45) is 0 Å². The van der Waals surface area contributed by atoms with Crippen LogP contribution in [-0.4, -0.2) is 16.5 Å². The fraction of sp³-hybridized carbons (Fsp3) is 0.400. The average molecular weight is 232 g/mol. The second-order valence-corrected chi connectivity index (χ2v) is 4.51. The number of unbranched alkanes of at least 4 members (excludes halogenated alkanes) is 1. The Kier molecular flexibility index (Phi) is 5.11. The van der Waals surface area contributed by atoms with Crippen LogP contribution in [0, 0.1) is 0 Å². The highest BCUT2D eigenvalue weighted by Crippen LogP contribution is 2.16. The van der Waals surface area contributed by atoms with Crippen LogP contribution in [0.4, 0.5) is 0 Å². The van der Waals surface area contributed by atoms with Gasteiger partial charge in [-0.3, -0.25) is 4.79 Å². The highest BCUT2D eigenvalue weighted by Gasteiger charge is 2.21. The minimum atomic E-state index is -1.05. The summed E-state index contributed by atoms with van der Waals surface area (Å²) in [6.07, 6.45) is 5.74. The van der Waals surface area contributed by atoms with Gasteiger partial charge in [0.2, 0.25) is 0 Å². The quantitative estimate of drug-likeness (QED) is 0.603. The summed E-state index contributed by atoms with van der Waals surface area (Å²) < 4.78 is 0. The van der Waals surface area contributed by atoms with Gasteiger partial charge < -0.3 is 5.11 Å². The van der Waals surface area contributed by atoms with Gasteiger partial charge in [0, 0.05) is 12.0 Å². The third kappa shape index (κ3) is 4.96. The van der Waals surface area contributed by atoms with Gasteiger partial charge in [-0.15, -0.1) is 0 Å². The van der Waals surface area contributed by atoms with Crippen molar-refractivity contribution < 1.29 is 9.90 Å². The molecule has 2 nitrogen and oxygen atoms in total. The Morgan fingerprint density at radius 2 is 2.00 bits per heavy atom. The lowest BCUT2D eigenvalue weighted by Gasteiger charge is -2.17. The normalized spacial score (nSPS) is 14.8. The van der Waals surface area contributed by atoms with Gasteiger partial charge in [-0.1, -0.05) is 55.8 Å². The molecular weight excluding hydrogens is 212 g/mol. The molecule has 0 amide bonds. The molecule has 0 aliphatic heterocycles. The third-order valence-corrected chi connectivity index (χ3v) is 2.55. The van der Waals surface area contributed by atoms with Gasteiger partial charge in [0.1, 0.15) is 0 Å². The molecule has 1 atom stereocenters. The Bertz CT molecular complexity index is 377. The number of hydrogen-bond acceptors (Lipinski definition) is 2. The molecule has 1 N–H and O–H groups in total. The first kappa shape index (κ1) is 13.7. The topological polar surface area (TPSA) is 37.3 Å². The van der Waals surface area contributed by atoms with Gasteiger partial charge in [-0.2, -0.15) is 0 Å². The van der Waals surface area contributed by atoms with Crippen LogP contribution in [0.2, 0.25) is 0 Å². The van der Waals surface area contributed by atoms with Crippen molar-refractivity contribution in [2.75, 3.05) is 0 Å². The molecule has 0 radical (unpaired) electrons. The molecule has 92 valence electrons. The van der Waals surface area contributed by atoms with E-state index in [0.717, 1.165) is 12.8 Å². The molecule has 0 unspecified atom stereocenters. The van der Waals surface area contributed by atoms with E-state index in [1.807, 2.05) is 24.3 Å². The number of Topliss-reactive ketones (excluding diaryl/α,β-unsaturated/α-hetero) is 1. The van der Waals surface area contributed by atoms with Crippen LogP contribution in [0.3, 0.4) is 0 Å². The van der Waals surface area contributed by atoms with Crippen LogP contribution < -0.4 is 0 Å². The molecule has 2 heteroatoms. The molecule has 0 bridgehead atoms. The van der Waals surface area contributed by atoms with E-state index in [0.29, 0.717) is 5.56 Å². The van der Waals surface area contributed by atoms with Gasteiger partial charge in [0.15, 0.2) is 5.78 Å². The predicted molar refractivity (Wildman–Crippen MR) is 70.1 cm³/mol. The SMILES string of the molecule is CCC/C=C/[C@](C)(O)CC(=O)c1ccccc1. The first-order valence-corrected chi connectivity index (χ1v) is 6.03. The number of ketones is 1. The molecular formula is C15H20O2. The van der Waals surface area contributed by atoms with E-state index in [1.54, 1.807) is 25.1 Å². The van der Waals surface area contributed by atoms with Gasteiger partial charge in [-0.05, 0) is 13.3 Å². The zero-order chi connectivity index (χ0) is 12.7. The molecule has 0 spiro atoms. The minimum Gasteiger partial charge on any atom is -0.386 e. The van der Waals surface area contributed by atoms with Gasteiger partial charge >= 0.3 is 0 Å². The number of aliphatic hydroxyl groups is 1. The summed E-state index contributed by atoms with van der Waals surface area (Å²) in [5, 5.41) is 10.1. The van der Waals surface area contributed by atoms with E-state index < -0.39 is 5.60 Å². The van der Waals surface area contributed by atoms with Gasteiger partial charge in [-0.25, -0.2) is 0 Å². The summed E-state index contributed by atoms with van der Waals surface area (Å²) in [6.45, 7) is 3.74. The van der Waals surface area contributed by atoms with E-state index in [9.17, 15) is 9.90 Å². The maximum absolute atomic E-state index is 11.9. The second-order valence-electron chi connectivity index (χ2n) is 4.51. The predicted octanol–water partition coefficient (Wildman–Crippen LogP) is 3.37. The molecule has 1 rings (SSSR count). The molecule has 0 aliphatic rings. The lowest BCUT2D eigenvalue weighted by atomic mass is 9.95. The summed E-state index contributed by atoms with van der Waals surface area (Å²) in [6, 6.07) is 9.07. The summed E-state index contributed by atoms with van der Waals surface area (Å²) in [5.41, 5.74) is -0.404. The lowest BCUT2D eigenvalue weighted by molar-refractivity contribution is 0.0733. The first-order chi connectivity index (χ1) is 8.05. The van der Waals surface area contributed by atoms with Crippen molar-refractivity contribution >= 4 is 5.78 Å². The smallest absolute Gasteiger partial charge is 0.166 e. The van der Waals surface area contributed by atoms with Crippen molar-refractivity contribution in [3.63, 3.8) is 0 Å². The van der Waals surface area contributed by atoms with Crippen LogP contribution in [0.5, 0.6) is 0 Å². The van der Waals surface area contributed by atoms with Crippen LogP contribution in [0.15, 0.2) is 42.5 Å². The van der Waals surface area contributed by atoms with Crippen molar-refractivity contribution in [1.82, 2.24) is 0 Å². The zero-order valence-electron chi connectivity index (χ0n) is 10.5. The van der Waals surface area contributed by atoms with Gasteiger partial charge in [0.05, 0.1) is 5.60 Å². The first-order valence-electron chi connectivity index (χ1n) is 6.03. The standard InChI is InChI=1S/C15H20O2/c1-3-4-8-11-15(2,17)12-14(16)13-9-6-5-7-10-13/h5-11,17H,3-4,12H2,1-2H3/b11-8+/t15-/m0/s1. The summed E-state index contributed by atoms with van der Waals surface area (Å²) in [4.78, 5) is 11.9. The van der Waals surface area contributed by atoms with Crippen molar-refractivity contribution in [1.29, 1.82) is 0 Å². The largest absolute Gasteiger partial charge is 0.386 e. The Hall–Kier alpha value is -1.41. The highest BCUT2D eigenvalue weighted by atomic mass is 16.3. The van der Waals surface area contributed by atoms with Crippen molar-refractivity contribution in [3.8, 4) is 0 Å². The van der Waals surface area contributed by atoms with Crippen LogP contribution in [-0.2, 0) is 0 Å². The molecule has 0 saturated heterocycles. The molecule has 1 aromatic rings. The lowest BCUT2D eigenvalue weighted by Crippen LogP contribution is -2.25. The highest BCUT2D eigenvalue weighted by molar-refractivity contribution is 5.96. The fourth-order valence-corrected chi connectivity index (χ4v) is 1.61. The molecule has 0 aliphatic carbocycles. The molecule has 0 fully saturated rings. The van der Waals surface area contributed by atoms with Crippen LogP contribution in [0.25, 0.3) is 0 Å². The molecule has 0 aromatic heterocycles. The molecule has 0 heterocycles. The van der Waals surface area contributed by atoms with Crippen molar-refractivity contribution in [2.45, 2.75) is 38.7 Å². The molecule has 1 aromatic carbocycles. The Labute approximate surface area is 103 Å². The van der Waals surface area contributed by atoms with E-state index in [1.165, 1.54) is 0 Å². The summed E-state index contributed by atoms with van der Waals surface area (Å²) in [7, 11) is 0. The molecule has 17 heavy (non-hydrogen) atoms. The number of rotatable bonds is 6. The Morgan fingerprint density at radius 1 is 1.35 bits per heavy atom. The Balaban J connectivity index is 2.62. The van der Waals surface area contributed by atoms with Crippen LogP contribution >= 0.6 is 0 Å². The molecule has 0 saturated carbocycles. The summed E-state index contributed by atoms with van der Waals surface area (Å²) >= 11 is 0. The van der Waals surface area contributed by atoms with E-state index in [4.69, 9.17) is 0 Å². The monoisotopic (exact) mass is 232 g/mol. The maximum Gasteiger partial charge on any atom is 0.166 e. The minimum absolute atomic E-state index is 0.0308. The van der Waals surface area contributed by atoms with E-state index in [2.05, 4.69) is 6.92 Å². The number of allylic oxidation sites excluding steroid dienone is 1. The zero-order valence-corrected chi connectivity index (χ0v) is 10.5. The number of hydrogen-bond donors (Lipinski definition) is 1. The van der Waals surface area contributed by atoms with E-state index in [-0.39, 0.29) is 12.2 Å². The summed E-state index contributed by atoms with van der Waals surface area (Å²) in [5.74, 6) is -0.0308. The van der Waals surface area contributed by atoms with E-state index >= 15 is 0 Å². The van der Waals surface area contributed by atoms with Gasteiger partial charge in [0.25, 0.3) is 0 Å². The maximum atomic E-state index is 11.9. The second kappa shape index (κ2) is 6.36. The Morgan fingerprint density at radius 3 is 2.59 bits per heavy atom. The van der Waals surface area contributed by atoms with Crippen LogP contribution in [0.1, 0.15) is 43.5 Å². The number of carbonyl (C=O) groups is 1. The number of benzene rings is 1. The third-order valence-electron chi connectivity index (χ3n) is 2.55. The number of carbonyl (C=O) groups excluding carboxylic acids is 1. The average Bonchev–Trinajstić information content (AvgIpc) is 2.30. The van der Waals surface area contributed by atoms with Crippen molar-refractivity contribution in [3.05, 3.63) is 48.0 Å².